The molecule has 1 aromatic carbocycles. The largest absolute Gasteiger partial charge is 0.444 e. The molecule has 1 unspecified atom stereocenters. The topological polar surface area (TPSA) is 125 Å². The molecule has 0 heterocycles. The number of anilines is 1. The van der Waals surface area contributed by atoms with Gasteiger partial charge in [-0.3, -0.25) is 25.0 Å². The molecule has 0 spiro atoms. The Morgan fingerprint density at radius 1 is 1.29 bits per heavy atom. The number of nitrogens with zero attached hydrogens (tertiary/aromatic N) is 2. The lowest BCUT2D eigenvalue weighted by Gasteiger charge is -2.13. The number of carbonyl (C=O) groups is 1. The van der Waals surface area contributed by atoms with Crippen LogP contribution in [0.4, 0.5) is 30.2 Å². The van der Waals surface area contributed by atoms with E-state index in [2.05, 4.69) is 10.1 Å². The first-order valence-electron chi connectivity index (χ1n) is 6.02. The van der Waals surface area contributed by atoms with Crippen LogP contribution >= 0.6 is 11.6 Å². The van der Waals surface area contributed by atoms with E-state index in [1.54, 1.807) is 0 Å². The minimum Gasteiger partial charge on any atom is -0.444 e. The highest BCUT2D eigenvalue weighted by atomic mass is 35.5. The molecule has 0 fully saturated rings. The Kier molecular flexibility index (Phi) is 5.90. The number of alkyl halides is 4. The van der Waals surface area contributed by atoms with Crippen molar-refractivity contribution < 1.29 is 32.5 Å². The van der Waals surface area contributed by atoms with Crippen molar-refractivity contribution in [2.45, 2.75) is 18.7 Å². The van der Waals surface area contributed by atoms with Crippen molar-refractivity contribution in [3.05, 3.63) is 37.9 Å². The summed E-state index contributed by atoms with van der Waals surface area (Å²) in [6.07, 6.45) is -5.01. The maximum atomic E-state index is 12.7. The van der Waals surface area contributed by atoms with Crippen molar-refractivity contribution in [2.24, 2.45) is 0 Å². The smallest absolute Gasteiger partial charge is 0.416 e. The van der Waals surface area contributed by atoms with Crippen LogP contribution < -0.4 is 5.32 Å². The number of hydrogen-bond donors (Lipinski definition) is 1. The summed E-state index contributed by atoms with van der Waals surface area (Å²) in [6.45, 7) is 0.520. The first-order valence-corrected chi connectivity index (χ1v) is 6.46. The molecule has 1 rings (SSSR count). The highest BCUT2D eigenvalue weighted by Gasteiger charge is 2.37. The summed E-state index contributed by atoms with van der Waals surface area (Å²) in [4.78, 5) is 30.2. The average molecular weight is 372 g/mol. The SMILES string of the molecule is CC(=O)OC(Cl)CNc1c([N+](=O)[O-])cc(C(F)(F)F)cc1[N+](=O)[O-]. The van der Waals surface area contributed by atoms with Gasteiger partial charge in [0.15, 0.2) is 11.3 Å². The highest BCUT2D eigenvalue weighted by Crippen LogP contribution is 2.41. The minimum atomic E-state index is -5.01. The minimum absolute atomic E-state index is 0.157. The fraction of sp³-hybridized carbons (Fsp3) is 0.364. The lowest BCUT2D eigenvalue weighted by atomic mass is 10.1. The first kappa shape index (κ1) is 19.4. The van der Waals surface area contributed by atoms with E-state index in [9.17, 15) is 38.2 Å². The van der Waals surface area contributed by atoms with Gasteiger partial charge in [-0.1, -0.05) is 11.6 Å². The lowest BCUT2D eigenvalue weighted by Crippen LogP contribution is -2.21. The van der Waals surface area contributed by atoms with Crippen molar-refractivity contribution in [3.63, 3.8) is 0 Å². The van der Waals surface area contributed by atoms with Gasteiger partial charge < -0.3 is 10.1 Å². The lowest BCUT2D eigenvalue weighted by molar-refractivity contribution is -0.392. The summed E-state index contributed by atoms with van der Waals surface area (Å²) in [5.74, 6) is -0.784. The van der Waals surface area contributed by atoms with Crippen molar-refractivity contribution in [1.82, 2.24) is 0 Å². The van der Waals surface area contributed by atoms with Crippen molar-refractivity contribution >= 4 is 34.6 Å². The number of hydrogen-bond acceptors (Lipinski definition) is 7. The molecule has 9 nitrogen and oxygen atoms in total. The van der Waals surface area contributed by atoms with Gasteiger partial charge >= 0.3 is 12.1 Å². The summed E-state index contributed by atoms with van der Waals surface area (Å²) in [7, 11) is 0. The molecule has 24 heavy (non-hydrogen) atoms. The standard InChI is InChI=1S/C11H9ClF3N3O6/c1-5(19)24-9(12)4-16-10-7(17(20)21)2-6(11(13,14)15)3-8(10)18(22)23/h2-3,9,16H,4H2,1H3. The highest BCUT2D eigenvalue weighted by molar-refractivity contribution is 6.20. The second kappa shape index (κ2) is 7.29. The number of benzene rings is 1. The maximum Gasteiger partial charge on any atom is 0.416 e. The predicted molar refractivity (Wildman–Crippen MR) is 74.6 cm³/mol. The zero-order valence-corrected chi connectivity index (χ0v) is 12.6. The van der Waals surface area contributed by atoms with Gasteiger partial charge in [0.25, 0.3) is 11.4 Å². The molecule has 13 heteroatoms. The molecular weight excluding hydrogens is 363 g/mol. The fourth-order valence-corrected chi connectivity index (χ4v) is 1.85. The van der Waals surface area contributed by atoms with Gasteiger partial charge in [-0.15, -0.1) is 0 Å². The number of nitrogens with one attached hydrogen (secondary N) is 1. The molecule has 0 aliphatic rings. The van der Waals surface area contributed by atoms with Gasteiger partial charge in [0.2, 0.25) is 0 Å². The van der Waals surface area contributed by atoms with Crippen molar-refractivity contribution in [2.75, 3.05) is 11.9 Å². The van der Waals surface area contributed by atoms with Crippen LogP contribution in [0, 0.1) is 20.2 Å². The van der Waals surface area contributed by atoms with Crippen LogP contribution in [0.1, 0.15) is 12.5 Å². The van der Waals surface area contributed by atoms with E-state index in [-0.39, 0.29) is 12.1 Å². The molecular formula is C11H9ClF3N3O6. The van der Waals surface area contributed by atoms with Gasteiger partial charge in [0.1, 0.15) is 0 Å². The Labute approximate surface area is 136 Å². The number of nitro benzene ring substituents is 2. The van der Waals surface area contributed by atoms with E-state index < -0.39 is 56.7 Å². The van der Waals surface area contributed by atoms with Crippen molar-refractivity contribution in [3.8, 4) is 0 Å². The normalized spacial score (nSPS) is 12.4. The van der Waals surface area contributed by atoms with Gasteiger partial charge in [0.05, 0.1) is 22.0 Å². The number of nitro groups is 2. The molecule has 0 aromatic heterocycles. The van der Waals surface area contributed by atoms with Crippen LogP contribution in [0.5, 0.6) is 0 Å². The number of ether oxygens (including phenoxy) is 1. The zero-order chi connectivity index (χ0) is 18.7. The number of carbonyl (C=O) groups excluding carboxylic acids is 1. The summed E-state index contributed by atoms with van der Waals surface area (Å²) >= 11 is 5.57. The molecule has 0 bridgehead atoms. The Morgan fingerprint density at radius 2 is 1.75 bits per heavy atom. The Hall–Kier alpha value is -2.63. The van der Waals surface area contributed by atoms with Gasteiger partial charge in [-0.25, -0.2) is 0 Å². The maximum absolute atomic E-state index is 12.7. The van der Waals surface area contributed by atoms with E-state index in [1.165, 1.54) is 0 Å². The first-order chi connectivity index (χ1) is 10.9. The van der Waals surface area contributed by atoms with Crippen molar-refractivity contribution in [1.29, 1.82) is 0 Å². The second-order valence-corrected chi connectivity index (χ2v) is 4.79. The molecule has 0 aliphatic heterocycles. The third-order valence-electron chi connectivity index (χ3n) is 2.55. The Bertz CT molecular complexity index is 646. The average Bonchev–Trinajstić information content (AvgIpc) is 2.42. The summed E-state index contributed by atoms with van der Waals surface area (Å²) in [5.41, 5.74) is -6.00. The Balaban J connectivity index is 3.33. The quantitative estimate of drug-likeness (QED) is 0.352. The third kappa shape index (κ3) is 4.94. The number of rotatable bonds is 6. The van der Waals surface area contributed by atoms with Crippen LogP contribution in [0.2, 0.25) is 0 Å². The van der Waals surface area contributed by atoms with E-state index in [4.69, 9.17) is 11.6 Å². The molecule has 1 atom stereocenters. The van der Waals surface area contributed by atoms with Crippen LogP contribution in [-0.4, -0.2) is 27.9 Å². The van der Waals surface area contributed by atoms with Gasteiger partial charge in [-0.2, -0.15) is 13.2 Å². The molecule has 1 aromatic rings. The summed E-state index contributed by atoms with van der Waals surface area (Å²) < 4.78 is 42.7. The number of halogens is 4. The van der Waals surface area contributed by atoms with E-state index in [1.807, 2.05) is 0 Å². The molecule has 0 saturated carbocycles. The third-order valence-corrected chi connectivity index (χ3v) is 2.79. The van der Waals surface area contributed by atoms with Gasteiger partial charge in [0, 0.05) is 19.1 Å². The van der Waals surface area contributed by atoms with Crippen LogP contribution in [0.3, 0.4) is 0 Å². The molecule has 0 aliphatic carbocycles. The molecule has 0 saturated heterocycles. The summed E-state index contributed by atoms with van der Waals surface area (Å²) in [5, 5.41) is 24.1. The van der Waals surface area contributed by atoms with Crippen LogP contribution in [0.15, 0.2) is 12.1 Å². The van der Waals surface area contributed by atoms with Gasteiger partial charge in [-0.05, 0) is 0 Å². The van der Waals surface area contributed by atoms with E-state index in [0.717, 1.165) is 6.92 Å². The van der Waals surface area contributed by atoms with Crippen LogP contribution in [0.25, 0.3) is 0 Å². The zero-order valence-electron chi connectivity index (χ0n) is 11.8. The van der Waals surface area contributed by atoms with E-state index in [0.29, 0.717) is 0 Å². The second-order valence-electron chi connectivity index (χ2n) is 4.30. The summed E-state index contributed by atoms with van der Waals surface area (Å²) in [6, 6.07) is 0.314. The predicted octanol–water partition coefficient (Wildman–Crippen LogP) is 3.06. The molecule has 1 N–H and O–H groups in total. The van der Waals surface area contributed by atoms with E-state index >= 15 is 0 Å². The number of esters is 1. The molecule has 0 radical (unpaired) electrons. The van der Waals surface area contributed by atoms with Crippen LogP contribution in [-0.2, 0) is 15.7 Å². The monoisotopic (exact) mass is 371 g/mol. The fourth-order valence-electron chi connectivity index (χ4n) is 1.65. The Morgan fingerprint density at radius 3 is 2.08 bits per heavy atom. The molecule has 0 amide bonds. The molecule has 132 valence electrons.